The molecule has 1 aromatic heterocycles. The molecular weight excluding hydrogens is 696 g/mol. The molecule has 8 heteroatoms. The molecule has 0 spiro atoms. The highest BCUT2D eigenvalue weighted by molar-refractivity contribution is 14.1. The first kappa shape index (κ1) is 27.3. The van der Waals surface area contributed by atoms with Crippen LogP contribution in [0.1, 0.15) is 52.9 Å². The summed E-state index contributed by atoms with van der Waals surface area (Å²) in [6.45, 7) is 0. The highest BCUT2D eigenvalue weighted by atomic mass is 127. The number of furan rings is 1. The van der Waals surface area contributed by atoms with Crippen molar-refractivity contribution in [1.29, 1.82) is 0 Å². The third-order valence-corrected chi connectivity index (χ3v) is 7.08. The number of halogens is 2. The molecule has 2 N–H and O–H groups in total. The summed E-state index contributed by atoms with van der Waals surface area (Å²) < 4.78 is 13.7. The van der Waals surface area contributed by atoms with Crippen LogP contribution in [0.5, 0.6) is 5.75 Å². The van der Waals surface area contributed by atoms with E-state index in [0.29, 0.717) is 52.9 Å². The van der Waals surface area contributed by atoms with Crippen LogP contribution in [0, 0.1) is 7.14 Å². The molecule has 190 valence electrons. The number of hydrogen-bond acceptors (Lipinski definition) is 5. The summed E-state index contributed by atoms with van der Waals surface area (Å²) in [6, 6.07) is 20.2. The molecule has 0 saturated carbocycles. The maximum absolute atomic E-state index is 13.7. The van der Waals surface area contributed by atoms with Gasteiger partial charge in [-0.2, -0.15) is 0 Å². The molecule has 0 bridgehead atoms. The number of primary amides is 1. The van der Waals surface area contributed by atoms with Crippen LogP contribution in [0.2, 0.25) is 0 Å². The highest BCUT2D eigenvalue weighted by Gasteiger charge is 2.23. The third kappa shape index (κ3) is 7.41. The van der Waals surface area contributed by atoms with E-state index in [1.165, 1.54) is 0 Å². The van der Waals surface area contributed by atoms with Gasteiger partial charge in [-0.1, -0.05) is 36.8 Å². The van der Waals surface area contributed by atoms with E-state index in [9.17, 15) is 14.4 Å². The summed E-state index contributed by atoms with van der Waals surface area (Å²) in [6.07, 6.45) is 3.26. The van der Waals surface area contributed by atoms with Crippen molar-refractivity contribution in [2.75, 3.05) is 0 Å². The van der Waals surface area contributed by atoms with Gasteiger partial charge in [-0.25, -0.2) is 0 Å². The maximum Gasteiger partial charge on any atom is 0.315 e. The van der Waals surface area contributed by atoms with Crippen LogP contribution in [0.4, 0.5) is 0 Å². The molecule has 0 aliphatic heterocycles. The number of rotatable bonds is 11. The van der Waals surface area contributed by atoms with E-state index < -0.39 is 0 Å². The quantitative estimate of drug-likeness (QED) is 0.0619. The summed E-state index contributed by atoms with van der Waals surface area (Å²) in [5, 5.41) is 0.675. The van der Waals surface area contributed by atoms with Crippen LogP contribution < -0.4 is 10.5 Å². The summed E-state index contributed by atoms with van der Waals surface area (Å²) in [5.41, 5.74) is 7.70. The van der Waals surface area contributed by atoms with E-state index in [4.69, 9.17) is 14.9 Å². The van der Waals surface area contributed by atoms with Gasteiger partial charge in [0.15, 0.2) is 5.78 Å². The highest BCUT2D eigenvalue weighted by Crippen LogP contribution is 2.33. The lowest BCUT2D eigenvalue weighted by atomic mass is 9.98. The second-order valence-corrected chi connectivity index (χ2v) is 11.2. The van der Waals surface area contributed by atoms with E-state index in [-0.39, 0.29) is 24.1 Å². The standard InChI is InChI=1S/C29H25I2NO5/c30-20-14-19(15-21(31)16-20)29(35)28-23-12-11-22(36-27(34)13-18-7-3-1-4-8-18)17-25(23)37-24(28)9-5-2-6-10-26(32)33/h1,3-4,7-8,11-12,14-17H,2,5-6,9-10,13H2,(H2,32,33). The van der Waals surface area contributed by atoms with Crippen molar-refractivity contribution in [2.24, 2.45) is 5.73 Å². The first-order valence-electron chi connectivity index (χ1n) is 11.9. The minimum atomic E-state index is -0.378. The van der Waals surface area contributed by atoms with Crippen LogP contribution in [0.25, 0.3) is 11.0 Å². The van der Waals surface area contributed by atoms with E-state index >= 15 is 0 Å². The molecule has 0 fully saturated rings. The van der Waals surface area contributed by atoms with Crippen LogP contribution >= 0.6 is 45.2 Å². The number of unbranched alkanes of at least 4 members (excludes halogenated alkanes) is 2. The molecule has 3 aromatic carbocycles. The Kier molecular flexibility index (Phi) is 9.36. The number of amides is 1. The predicted octanol–water partition coefficient (Wildman–Crippen LogP) is 6.61. The number of benzene rings is 3. The molecule has 0 aliphatic carbocycles. The van der Waals surface area contributed by atoms with Crippen LogP contribution in [-0.4, -0.2) is 17.7 Å². The average Bonchev–Trinajstić information content (AvgIpc) is 3.20. The third-order valence-electron chi connectivity index (χ3n) is 5.84. The molecule has 4 aromatic rings. The Hall–Kier alpha value is -2.73. The van der Waals surface area contributed by atoms with Crippen molar-refractivity contribution in [3.8, 4) is 5.75 Å². The predicted molar refractivity (Wildman–Crippen MR) is 159 cm³/mol. The summed E-state index contributed by atoms with van der Waals surface area (Å²) in [7, 11) is 0. The molecule has 6 nitrogen and oxygen atoms in total. The number of carbonyl (C=O) groups excluding carboxylic acids is 3. The normalized spacial score (nSPS) is 11.0. The van der Waals surface area contributed by atoms with Crippen LogP contribution in [-0.2, 0) is 22.4 Å². The first-order chi connectivity index (χ1) is 17.8. The summed E-state index contributed by atoms with van der Waals surface area (Å²) in [4.78, 5) is 37.2. The van der Waals surface area contributed by atoms with Gasteiger partial charge in [0, 0.05) is 37.0 Å². The molecule has 0 radical (unpaired) electrons. The number of nitrogens with two attached hydrogens (primary N) is 1. The van der Waals surface area contributed by atoms with Crippen molar-refractivity contribution >= 4 is 73.8 Å². The molecule has 1 heterocycles. The number of esters is 1. The Bertz CT molecular complexity index is 1430. The van der Waals surface area contributed by atoms with Gasteiger partial charge in [-0.05, 0) is 93.9 Å². The van der Waals surface area contributed by atoms with Gasteiger partial charge in [0.1, 0.15) is 17.1 Å². The Morgan fingerprint density at radius 1 is 0.865 bits per heavy atom. The number of fused-ring (bicyclic) bond motifs is 1. The second kappa shape index (κ2) is 12.7. The number of hydrogen-bond donors (Lipinski definition) is 1. The lowest BCUT2D eigenvalue weighted by Crippen LogP contribution is -2.11. The monoisotopic (exact) mass is 721 g/mol. The largest absolute Gasteiger partial charge is 0.460 e. The lowest BCUT2D eigenvalue weighted by molar-refractivity contribution is -0.133. The Morgan fingerprint density at radius 2 is 1.59 bits per heavy atom. The first-order valence-corrected chi connectivity index (χ1v) is 14.0. The zero-order valence-corrected chi connectivity index (χ0v) is 24.3. The molecule has 1 amide bonds. The number of ether oxygens (including phenoxy) is 1. The topological polar surface area (TPSA) is 99.6 Å². The van der Waals surface area contributed by atoms with Crippen molar-refractivity contribution in [3.63, 3.8) is 0 Å². The molecule has 0 saturated heterocycles. The zero-order chi connectivity index (χ0) is 26.4. The Balaban J connectivity index is 1.61. The SMILES string of the molecule is NC(=O)CCCCCc1oc2cc(OC(=O)Cc3ccccc3)ccc2c1C(=O)c1cc(I)cc(I)c1. The van der Waals surface area contributed by atoms with Gasteiger partial charge >= 0.3 is 5.97 Å². The molecular formula is C29H25I2NO5. The molecule has 0 unspecified atom stereocenters. The Labute approximate surface area is 242 Å². The average molecular weight is 721 g/mol. The fourth-order valence-corrected chi connectivity index (χ4v) is 6.07. The molecule has 4 rings (SSSR count). The van der Waals surface area contributed by atoms with Gasteiger partial charge in [-0.15, -0.1) is 0 Å². The minimum absolute atomic E-state index is 0.115. The van der Waals surface area contributed by atoms with E-state index in [1.807, 2.05) is 48.5 Å². The van der Waals surface area contributed by atoms with Crippen LogP contribution in [0.15, 0.2) is 71.1 Å². The minimum Gasteiger partial charge on any atom is -0.460 e. The fourth-order valence-electron chi connectivity index (χ4n) is 4.14. The molecule has 37 heavy (non-hydrogen) atoms. The van der Waals surface area contributed by atoms with Gasteiger partial charge < -0.3 is 14.9 Å². The van der Waals surface area contributed by atoms with E-state index in [1.54, 1.807) is 18.2 Å². The van der Waals surface area contributed by atoms with Gasteiger partial charge in [0.05, 0.1) is 12.0 Å². The lowest BCUT2D eigenvalue weighted by Gasteiger charge is -2.06. The van der Waals surface area contributed by atoms with Crippen molar-refractivity contribution in [1.82, 2.24) is 0 Å². The summed E-state index contributed by atoms with van der Waals surface area (Å²) in [5.74, 6) is 0.133. The van der Waals surface area contributed by atoms with E-state index in [2.05, 4.69) is 45.2 Å². The van der Waals surface area contributed by atoms with Crippen LogP contribution in [0.3, 0.4) is 0 Å². The van der Waals surface area contributed by atoms with Gasteiger partial charge in [0.25, 0.3) is 0 Å². The molecule has 0 aliphatic rings. The van der Waals surface area contributed by atoms with Gasteiger partial charge in [-0.3, -0.25) is 14.4 Å². The number of carbonyl (C=O) groups is 3. The van der Waals surface area contributed by atoms with Crippen molar-refractivity contribution in [3.05, 3.63) is 96.3 Å². The number of aryl methyl sites for hydroxylation is 1. The van der Waals surface area contributed by atoms with Crippen molar-refractivity contribution < 1.29 is 23.5 Å². The second-order valence-electron chi connectivity index (χ2n) is 8.71. The van der Waals surface area contributed by atoms with Crippen molar-refractivity contribution in [2.45, 2.75) is 38.5 Å². The van der Waals surface area contributed by atoms with E-state index in [0.717, 1.165) is 25.5 Å². The summed E-state index contributed by atoms with van der Waals surface area (Å²) >= 11 is 4.40. The smallest absolute Gasteiger partial charge is 0.315 e. The zero-order valence-electron chi connectivity index (χ0n) is 20.0. The fraction of sp³-hybridized carbons (Fsp3) is 0.207. The van der Waals surface area contributed by atoms with Gasteiger partial charge in [0.2, 0.25) is 5.91 Å². The molecule has 0 atom stereocenters. The number of ketones is 1. The maximum atomic E-state index is 13.7. The Morgan fingerprint density at radius 3 is 2.30 bits per heavy atom.